The number of anilines is 1. The van der Waals surface area contributed by atoms with Crippen molar-refractivity contribution in [2.24, 2.45) is 0 Å². The molecule has 1 fully saturated rings. The first kappa shape index (κ1) is 16.6. The van der Waals surface area contributed by atoms with Crippen molar-refractivity contribution >= 4 is 22.5 Å². The molecular weight excluding hydrogens is 324 g/mol. The molecule has 26 heavy (non-hydrogen) atoms. The first-order valence-corrected chi connectivity index (χ1v) is 8.93. The van der Waals surface area contributed by atoms with Crippen LogP contribution in [-0.4, -0.2) is 18.0 Å². The van der Waals surface area contributed by atoms with Crippen LogP contribution in [0.3, 0.4) is 0 Å². The van der Waals surface area contributed by atoms with Gasteiger partial charge in [0.25, 0.3) is 5.91 Å². The highest BCUT2D eigenvalue weighted by Crippen LogP contribution is 2.40. The zero-order valence-electron chi connectivity index (χ0n) is 15.3. The van der Waals surface area contributed by atoms with Crippen LogP contribution in [0, 0.1) is 13.8 Å². The zero-order valence-corrected chi connectivity index (χ0v) is 15.3. The van der Waals surface area contributed by atoms with Gasteiger partial charge in [0.2, 0.25) is 0 Å². The lowest BCUT2D eigenvalue weighted by Crippen LogP contribution is -2.14. The van der Waals surface area contributed by atoms with Gasteiger partial charge in [-0.2, -0.15) is 0 Å². The second-order valence-electron chi connectivity index (χ2n) is 7.00. The Labute approximate surface area is 153 Å². The maximum absolute atomic E-state index is 13.1. The van der Waals surface area contributed by atoms with Crippen molar-refractivity contribution in [1.82, 2.24) is 4.98 Å². The maximum Gasteiger partial charge on any atom is 0.256 e. The SMILES string of the molecule is COc1ccccc1NC(=O)c1cc(C2CC2)nc2c(C)cc(C)cc12. The Morgan fingerprint density at radius 2 is 1.92 bits per heavy atom. The van der Waals surface area contributed by atoms with Crippen LogP contribution in [0.15, 0.2) is 42.5 Å². The zero-order chi connectivity index (χ0) is 18.3. The number of nitrogens with one attached hydrogen (secondary N) is 1. The van der Waals surface area contributed by atoms with Crippen molar-refractivity contribution < 1.29 is 9.53 Å². The van der Waals surface area contributed by atoms with E-state index in [0.29, 0.717) is 22.9 Å². The van der Waals surface area contributed by atoms with Gasteiger partial charge < -0.3 is 10.1 Å². The molecule has 0 unspecified atom stereocenters. The molecule has 132 valence electrons. The number of methoxy groups -OCH3 is 1. The maximum atomic E-state index is 13.1. The fourth-order valence-electron chi connectivity index (χ4n) is 3.41. The third-order valence-electron chi connectivity index (χ3n) is 4.86. The number of benzene rings is 2. The molecule has 0 aliphatic heterocycles. The van der Waals surface area contributed by atoms with Gasteiger partial charge >= 0.3 is 0 Å². The Kier molecular flexibility index (Phi) is 4.11. The van der Waals surface area contributed by atoms with Crippen LogP contribution >= 0.6 is 0 Å². The lowest BCUT2D eigenvalue weighted by Gasteiger charge is -2.14. The second-order valence-corrected chi connectivity index (χ2v) is 7.00. The first-order chi connectivity index (χ1) is 12.6. The van der Waals surface area contributed by atoms with E-state index < -0.39 is 0 Å². The Morgan fingerprint density at radius 3 is 2.65 bits per heavy atom. The molecule has 3 aromatic rings. The molecule has 0 radical (unpaired) electrons. The molecule has 1 aromatic heterocycles. The minimum Gasteiger partial charge on any atom is -0.495 e. The number of hydrogen-bond donors (Lipinski definition) is 1. The van der Waals surface area contributed by atoms with Crippen LogP contribution in [0.5, 0.6) is 5.75 Å². The molecule has 0 spiro atoms. The Hall–Kier alpha value is -2.88. The summed E-state index contributed by atoms with van der Waals surface area (Å²) in [6.45, 7) is 4.10. The van der Waals surface area contributed by atoms with Crippen molar-refractivity contribution in [2.45, 2.75) is 32.6 Å². The van der Waals surface area contributed by atoms with Crippen LogP contribution in [0.25, 0.3) is 10.9 Å². The molecule has 4 nitrogen and oxygen atoms in total. The third kappa shape index (κ3) is 3.03. The van der Waals surface area contributed by atoms with Gasteiger partial charge in [0.15, 0.2) is 0 Å². The van der Waals surface area contributed by atoms with Gasteiger partial charge in [-0.05, 0) is 56.5 Å². The highest BCUT2D eigenvalue weighted by atomic mass is 16.5. The summed E-state index contributed by atoms with van der Waals surface area (Å²) in [6, 6.07) is 13.6. The minimum atomic E-state index is -0.131. The van der Waals surface area contributed by atoms with Crippen molar-refractivity contribution in [2.75, 3.05) is 12.4 Å². The van der Waals surface area contributed by atoms with Crippen LogP contribution in [0.4, 0.5) is 5.69 Å². The highest BCUT2D eigenvalue weighted by molar-refractivity contribution is 6.13. The topological polar surface area (TPSA) is 51.2 Å². The standard InChI is InChI=1S/C22H22N2O2/c1-13-10-14(2)21-16(11-13)17(12-19(23-21)15-8-9-15)22(25)24-18-6-4-5-7-20(18)26-3/h4-7,10-12,15H,8-9H2,1-3H3,(H,24,25). The van der Waals surface area contributed by atoms with E-state index in [1.54, 1.807) is 7.11 Å². The number of rotatable bonds is 4. The number of amides is 1. The van der Waals surface area contributed by atoms with Crippen molar-refractivity contribution in [3.05, 3.63) is 64.8 Å². The predicted octanol–water partition coefficient (Wildman–Crippen LogP) is 4.99. The lowest BCUT2D eigenvalue weighted by atomic mass is 10.00. The van der Waals surface area contributed by atoms with Crippen LogP contribution in [0.2, 0.25) is 0 Å². The van der Waals surface area contributed by atoms with E-state index in [1.165, 1.54) is 0 Å². The second kappa shape index (κ2) is 6.45. The molecule has 1 saturated carbocycles. The van der Waals surface area contributed by atoms with Crippen LogP contribution in [0.1, 0.15) is 45.9 Å². The first-order valence-electron chi connectivity index (χ1n) is 8.93. The number of carbonyl (C=O) groups excluding carboxylic acids is 1. The Balaban J connectivity index is 1.82. The van der Waals surface area contributed by atoms with E-state index in [2.05, 4.69) is 18.3 Å². The van der Waals surface area contributed by atoms with Crippen molar-refractivity contribution in [3.8, 4) is 5.75 Å². The number of nitrogens with zero attached hydrogens (tertiary/aromatic N) is 1. The van der Waals surface area contributed by atoms with Crippen molar-refractivity contribution in [3.63, 3.8) is 0 Å². The third-order valence-corrected chi connectivity index (χ3v) is 4.86. The van der Waals surface area contributed by atoms with E-state index in [9.17, 15) is 4.79 Å². The summed E-state index contributed by atoms with van der Waals surface area (Å²) in [5.41, 5.74) is 5.52. The van der Waals surface area contributed by atoms with E-state index in [0.717, 1.165) is 40.6 Å². The molecule has 1 N–H and O–H groups in total. The van der Waals surface area contributed by atoms with Crippen LogP contribution < -0.4 is 10.1 Å². The molecule has 1 amide bonds. The Bertz CT molecular complexity index is 1010. The fraction of sp³-hybridized carbons (Fsp3) is 0.273. The van der Waals surface area contributed by atoms with Gasteiger partial charge in [0.05, 0.1) is 23.9 Å². The summed E-state index contributed by atoms with van der Waals surface area (Å²) in [5.74, 6) is 1.00. The van der Waals surface area contributed by atoms with Gasteiger partial charge in [-0.1, -0.05) is 23.8 Å². The molecule has 0 saturated heterocycles. The summed E-state index contributed by atoms with van der Waals surface area (Å²) in [5, 5.41) is 3.91. The molecule has 1 heterocycles. The predicted molar refractivity (Wildman–Crippen MR) is 104 cm³/mol. The van der Waals surface area contributed by atoms with Gasteiger partial charge in [0, 0.05) is 17.0 Å². The number of aromatic nitrogens is 1. The summed E-state index contributed by atoms with van der Waals surface area (Å²) in [4.78, 5) is 18.0. The van der Waals surface area contributed by atoms with E-state index in [1.807, 2.05) is 43.3 Å². The lowest BCUT2D eigenvalue weighted by molar-refractivity contribution is 0.102. The van der Waals surface area contributed by atoms with Gasteiger partial charge in [-0.3, -0.25) is 9.78 Å². The molecule has 4 heteroatoms. The molecular formula is C22H22N2O2. The quantitative estimate of drug-likeness (QED) is 0.724. The molecule has 1 aliphatic carbocycles. The Morgan fingerprint density at radius 1 is 1.15 bits per heavy atom. The largest absolute Gasteiger partial charge is 0.495 e. The van der Waals surface area contributed by atoms with Crippen molar-refractivity contribution in [1.29, 1.82) is 0 Å². The number of aryl methyl sites for hydroxylation is 2. The number of carbonyl (C=O) groups is 1. The monoisotopic (exact) mass is 346 g/mol. The van der Waals surface area contributed by atoms with Crippen LogP contribution in [-0.2, 0) is 0 Å². The summed E-state index contributed by atoms with van der Waals surface area (Å²) in [6.07, 6.45) is 2.30. The van der Waals surface area contributed by atoms with Gasteiger partial charge in [-0.25, -0.2) is 0 Å². The number of ether oxygens (including phenoxy) is 1. The summed E-state index contributed by atoms with van der Waals surface area (Å²) in [7, 11) is 1.60. The highest BCUT2D eigenvalue weighted by Gasteiger charge is 2.27. The molecule has 2 aromatic carbocycles. The molecule has 0 bridgehead atoms. The van der Waals surface area contributed by atoms with Gasteiger partial charge in [-0.15, -0.1) is 0 Å². The minimum absolute atomic E-state index is 0.131. The normalized spacial score (nSPS) is 13.7. The van der Waals surface area contributed by atoms with E-state index in [-0.39, 0.29) is 5.91 Å². The summed E-state index contributed by atoms with van der Waals surface area (Å²) >= 11 is 0. The molecule has 0 atom stereocenters. The van der Waals surface area contributed by atoms with E-state index >= 15 is 0 Å². The molecule has 1 aliphatic rings. The number of fused-ring (bicyclic) bond motifs is 1. The van der Waals surface area contributed by atoms with E-state index in [4.69, 9.17) is 9.72 Å². The number of para-hydroxylation sites is 2. The number of hydrogen-bond acceptors (Lipinski definition) is 3. The van der Waals surface area contributed by atoms with Gasteiger partial charge in [0.1, 0.15) is 5.75 Å². The average Bonchev–Trinajstić information content (AvgIpc) is 3.46. The number of pyridine rings is 1. The summed E-state index contributed by atoms with van der Waals surface area (Å²) < 4.78 is 5.35. The average molecular weight is 346 g/mol. The molecule has 4 rings (SSSR count). The smallest absolute Gasteiger partial charge is 0.256 e. The fourth-order valence-corrected chi connectivity index (χ4v) is 3.41.